The van der Waals surface area contributed by atoms with Gasteiger partial charge >= 0.3 is 0 Å². The lowest BCUT2D eigenvalue weighted by Crippen LogP contribution is -2.23. The molecule has 3 N–H and O–H groups in total. The van der Waals surface area contributed by atoms with E-state index in [1.54, 1.807) is 6.20 Å². The van der Waals surface area contributed by atoms with E-state index in [-0.39, 0.29) is 22.6 Å². The molecule has 13 heteroatoms. The molecule has 2 unspecified atom stereocenters. The molecule has 2 atom stereocenters. The molecule has 0 amide bonds. The number of benzene rings is 1. The summed E-state index contributed by atoms with van der Waals surface area (Å²) in [5.41, 5.74) is 2.38. The number of thiazole rings is 1. The van der Waals surface area contributed by atoms with Crippen LogP contribution in [0.4, 0.5) is 20.5 Å². The number of hydrogen-bond acceptors (Lipinski definition) is 10. The molecule has 2 aliphatic carbocycles. The van der Waals surface area contributed by atoms with Crippen LogP contribution < -0.4 is 10.6 Å². The molecule has 0 aliphatic heterocycles. The number of pyridine rings is 1. The minimum Gasteiger partial charge on any atom is -0.388 e. The summed E-state index contributed by atoms with van der Waals surface area (Å²) in [5.74, 6) is -1.25. The second kappa shape index (κ2) is 10.5. The summed E-state index contributed by atoms with van der Waals surface area (Å²) in [5, 5.41) is 17.7. The van der Waals surface area contributed by atoms with Crippen LogP contribution in [0.1, 0.15) is 43.5 Å². The van der Waals surface area contributed by atoms with Crippen molar-refractivity contribution in [1.29, 1.82) is 0 Å². The zero-order valence-electron chi connectivity index (χ0n) is 22.6. The third kappa shape index (κ3) is 6.02. The highest BCUT2D eigenvalue weighted by molar-refractivity contribution is 7.91. The standard InChI is InChI=1S/C28H30F2N6O3S2/c1-15-23(26-35-24-16(2)31-8-5-22(24)40-26)25(36-27(33-15)32-14-28(37)6-7-28)34-20-4-3-17(9-20)13-41(38,39)21-11-18(29)10-19(30)12-21/h5,8,10-12,17,20,37H,3-4,6-7,9,13-14H2,1-2H3,(H2,32,33,34,36). The van der Waals surface area contributed by atoms with E-state index in [1.807, 2.05) is 19.9 Å². The Morgan fingerprint density at radius 2 is 1.83 bits per heavy atom. The van der Waals surface area contributed by atoms with E-state index in [1.165, 1.54) is 11.3 Å². The number of hydrogen-bond donors (Lipinski definition) is 3. The number of sulfone groups is 1. The van der Waals surface area contributed by atoms with Crippen LogP contribution in [0.15, 0.2) is 35.4 Å². The smallest absolute Gasteiger partial charge is 0.225 e. The average molecular weight is 601 g/mol. The van der Waals surface area contributed by atoms with Gasteiger partial charge in [-0.3, -0.25) is 4.98 Å². The minimum atomic E-state index is -3.87. The number of aromatic nitrogens is 4. The molecule has 2 fully saturated rings. The summed E-state index contributed by atoms with van der Waals surface area (Å²) in [4.78, 5) is 18.3. The first-order valence-corrected chi connectivity index (χ1v) is 16.0. The van der Waals surface area contributed by atoms with Crippen LogP contribution in [0.2, 0.25) is 0 Å². The predicted octanol–water partition coefficient (Wildman–Crippen LogP) is 5.03. The van der Waals surface area contributed by atoms with Crippen molar-refractivity contribution in [3.63, 3.8) is 0 Å². The normalized spacial score (nSPS) is 19.9. The zero-order valence-corrected chi connectivity index (χ0v) is 24.2. The first kappa shape index (κ1) is 27.9. The van der Waals surface area contributed by atoms with Gasteiger partial charge in [0, 0.05) is 24.8 Å². The van der Waals surface area contributed by atoms with Crippen LogP contribution in [0, 0.1) is 31.4 Å². The first-order chi connectivity index (χ1) is 19.5. The molecule has 0 bridgehead atoms. The molecule has 0 spiro atoms. The number of nitrogens with one attached hydrogen (secondary N) is 2. The van der Waals surface area contributed by atoms with E-state index in [4.69, 9.17) is 9.97 Å². The monoisotopic (exact) mass is 600 g/mol. The molecule has 2 aliphatic rings. The van der Waals surface area contributed by atoms with Crippen LogP contribution >= 0.6 is 11.3 Å². The second-order valence-electron chi connectivity index (χ2n) is 11.1. The van der Waals surface area contributed by atoms with Gasteiger partial charge in [0.2, 0.25) is 5.95 Å². The lowest BCUT2D eigenvalue weighted by molar-refractivity contribution is 0.164. The van der Waals surface area contributed by atoms with Gasteiger partial charge < -0.3 is 15.7 Å². The molecule has 3 aromatic heterocycles. The molecule has 216 valence electrons. The van der Waals surface area contributed by atoms with Gasteiger partial charge in [0.1, 0.15) is 28.0 Å². The topological polar surface area (TPSA) is 130 Å². The van der Waals surface area contributed by atoms with Crippen LogP contribution in [-0.4, -0.2) is 57.4 Å². The van der Waals surface area contributed by atoms with Crippen molar-refractivity contribution < 1.29 is 22.3 Å². The summed E-state index contributed by atoms with van der Waals surface area (Å²) in [6.07, 6.45) is 5.10. The van der Waals surface area contributed by atoms with Crippen molar-refractivity contribution in [3.05, 3.63) is 53.5 Å². The average Bonchev–Trinajstić information content (AvgIpc) is 3.26. The Kier molecular flexibility index (Phi) is 7.15. The molecule has 4 aromatic rings. The van der Waals surface area contributed by atoms with Crippen molar-refractivity contribution in [2.45, 2.75) is 62.5 Å². The highest BCUT2D eigenvalue weighted by atomic mass is 32.2. The fourth-order valence-electron chi connectivity index (χ4n) is 5.33. The van der Waals surface area contributed by atoms with Gasteiger partial charge in [-0.25, -0.2) is 27.2 Å². The number of rotatable bonds is 9. The van der Waals surface area contributed by atoms with Crippen LogP contribution in [0.5, 0.6) is 0 Å². The van der Waals surface area contributed by atoms with Crippen LogP contribution in [-0.2, 0) is 9.84 Å². The third-order valence-electron chi connectivity index (χ3n) is 7.73. The van der Waals surface area contributed by atoms with E-state index < -0.39 is 27.1 Å². The molecular weight excluding hydrogens is 570 g/mol. The van der Waals surface area contributed by atoms with Gasteiger partial charge in [-0.2, -0.15) is 4.98 Å². The lowest BCUT2D eigenvalue weighted by atomic mass is 10.1. The molecule has 41 heavy (non-hydrogen) atoms. The van der Waals surface area contributed by atoms with Crippen molar-refractivity contribution in [2.24, 2.45) is 5.92 Å². The SMILES string of the molecule is Cc1nc(NCC2(O)CC2)nc(NC2CCC(CS(=O)(=O)c3cc(F)cc(F)c3)C2)c1-c1nc2c(C)nccc2s1. The summed E-state index contributed by atoms with van der Waals surface area (Å²) in [6.45, 7) is 4.15. The summed E-state index contributed by atoms with van der Waals surface area (Å²) < 4.78 is 54.2. The summed E-state index contributed by atoms with van der Waals surface area (Å²) in [7, 11) is -3.87. The van der Waals surface area contributed by atoms with Gasteiger partial charge in [0.05, 0.1) is 37.9 Å². The largest absolute Gasteiger partial charge is 0.388 e. The highest BCUT2D eigenvalue weighted by Crippen LogP contribution is 2.39. The van der Waals surface area contributed by atoms with E-state index in [0.717, 1.165) is 51.5 Å². The molecule has 0 saturated heterocycles. The quantitative estimate of drug-likeness (QED) is 0.242. The second-order valence-corrected chi connectivity index (χ2v) is 14.2. The molecular formula is C28H30F2N6O3S2. The molecule has 0 radical (unpaired) electrons. The van der Waals surface area contributed by atoms with Gasteiger partial charge in [0.15, 0.2) is 9.84 Å². The Morgan fingerprint density at radius 3 is 2.54 bits per heavy atom. The fourth-order valence-corrected chi connectivity index (χ4v) is 8.14. The lowest BCUT2D eigenvalue weighted by Gasteiger charge is -2.19. The first-order valence-electron chi connectivity index (χ1n) is 13.5. The number of aliphatic hydroxyl groups is 1. The molecule has 9 nitrogen and oxygen atoms in total. The maximum absolute atomic E-state index is 13.7. The van der Waals surface area contributed by atoms with Gasteiger partial charge in [-0.15, -0.1) is 11.3 Å². The van der Waals surface area contributed by atoms with E-state index in [0.29, 0.717) is 49.3 Å². The number of halogens is 2. The van der Waals surface area contributed by atoms with E-state index >= 15 is 0 Å². The Hall–Kier alpha value is -3.29. The minimum absolute atomic E-state index is 0.0780. The van der Waals surface area contributed by atoms with Crippen molar-refractivity contribution in [2.75, 3.05) is 22.9 Å². The Bertz CT molecular complexity index is 1720. The van der Waals surface area contributed by atoms with Gasteiger partial charge in [-0.1, -0.05) is 0 Å². The summed E-state index contributed by atoms with van der Waals surface area (Å²) >= 11 is 1.52. The van der Waals surface area contributed by atoms with E-state index in [9.17, 15) is 22.3 Å². The third-order valence-corrected chi connectivity index (χ3v) is 10.6. The van der Waals surface area contributed by atoms with Crippen LogP contribution in [0.3, 0.4) is 0 Å². The molecule has 1 aromatic carbocycles. The Morgan fingerprint density at radius 1 is 1.07 bits per heavy atom. The number of fused-ring (bicyclic) bond motifs is 1. The summed E-state index contributed by atoms with van der Waals surface area (Å²) in [6, 6.07) is 4.23. The molecule has 6 rings (SSSR count). The number of aryl methyl sites for hydroxylation is 2. The van der Waals surface area contributed by atoms with E-state index in [2.05, 4.69) is 20.6 Å². The molecule has 2 saturated carbocycles. The number of anilines is 2. The van der Waals surface area contributed by atoms with Crippen molar-refractivity contribution >= 4 is 43.2 Å². The fraction of sp³-hybridized carbons (Fsp3) is 0.429. The predicted molar refractivity (Wildman–Crippen MR) is 154 cm³/mol. The molecule has 3 heterocycles. The maximum Gasteiger partial charge on any atom is 0.225 e. The number of nitrogens with zero attached hydrogens (tertiary/aromatic N) is 4. The Balaban J connectivity index is 1.26. The van der Waals surface area contributed by atoms with Crippen molar-refractivity contribution in [1.82, 2.24) is 19.9 Å². The Labute approximate surface area is 240 Å². The van der Waals surface area contributed by atoms with Crippen LogP contribution in [0.25, 0.3) is 20.8 Å². The maximum atomic E-state index is 13.7. The van der Waals surface area contributed by atoms with Gasteiger partial charge in [0.25, 0.3) is 0 Å². The zero-order chi connectivity index (χ0) is 28.9. The van der Waals surface area contributed by atoms with Gasteiger partial charge in [-0.05, 0) is 70.1 Å². The van der Waals surface area contributed by atoms with Crippen molar-refractivity contribution in [3.8, 4) is 10.6 Å². The highest BCUT2D eigenvalue weighted by Gasteiger charge is 2.40.